The number of aromatic nitrogens is 1. The number of hydrogen-bond acceptors (Lipinski definition) is 4. The molecule has 80 valence electrons. The lowest BCUT2D eigenvalue weighted by Crippen LogP contribution is -2.14. The first kappa shape index (κ1) is 11.2. The topological polar surface area (TPSA) is 76.2 Å². The van der Waals surface area contributed by atoms with Crippen molar-refractivity contribution in [3.63, 3.8) is 0 Å². The summed E-state index contributed by atoms with van der Waals surface area (Å²) in [5, 5.41) is 0. The van der Waals surface area contributed by atoms with E-state index in [1.165, 1.54) is 12.3 Å². The molecular weight excluding hydrogens is 198 g/mol. The molecule has 0 fully saturated rings. The van der Waals surface area contributed by atoms with Crippen molar-refractivity contribution < 1.29 is 14.3 Å². The molecule has 1 rings (SSSR count). The molecule has 15 heavy (non-hydrogen) atoms. The van der Waals surface area contributed by atoms with Crippen molar-refractivity contribution in [3.05, 3.63) is 33.7 Å². The van der Waals surface area contributed by atoms with Gasteiger partial charge in [0, 0.05) is 6.20 Å². The predicted octanol–water partition coefficient (Wildman–Crippen LogP) is 0.293. The first-order valence-electron chi connectivity index (χ1n) is 4.49. The van der Waals surface area contributed by atoms with E-state index < -0.39 is 5.56 Å². The molecule has 0 aromatic carbocycles. The first-order chi connectivity index (χ1) is 7.17. The van der Waals surface area contributed by atoms with Crippen molar-refractivity contribution in [2.75, 3.05) is 6.61 Å². The lowest BCUT2D eigenvalue weighted by Gasteiger charge is -2.01. The Morgan fingerprint density at radius 1 is 1.60 bits per heavy atom. The normalized spacial score (nSPS) is 9.67. The van der Waals surface area contributed by atoms with Crippen LogP contribution in [0.2, 0.25) is 0 Å². The largest absolute Gasteiger partial charge is 0.466 e. The Hall–Kier alpha value is -1.91. The fourth-order valence-corrected chi connectivity index (χ4v) is 1.12. The molecule has 0 aliphatic carbocycles. The van der Waals surface area contributed by atoms with Crippen molar-refractivity contribution >= 4 is 12.3 Å². The predicted molar refractivity (Wildman–Crippen MR) is 52.8 cm³/mol. The molecule has 0 radical (unpaired) electrons. The average molecular weight is 209 g/mol. The van der Waals surface area contributed by atoms with Gasteiger partial charge in [0.1, 0.15) is 0 Å². The number of ether oxygens (including phenoxy) is 1. The Balaban J connectivity index is 2.83. The highest BCUT2D eigenvalue weighted by Gasteiger charge is 2.06. The smallest absolute Gasteiger partial charge is 0.310 e. The fraction of sp³-hybridized carbons (Fsp3) is 0.300. The second-order valence-corrected chi connectivity index (χ2v) is 2.89. The number of aldehydes is 1. The number of hydrogen-bond donors (Lipinski definition) is 1. The zero-order valence-electron chi connectivity index (χ0n) is 8.28. The maximum absolute atomic E-state index is 11.1. The third kappa shape index (κ3) is 3.05. The molecule has 0 aliphatic rings. The number of carbonyl (C=O) groups is 2. The average Bonchev–Trinajstić information content (AvgIpc) is 2.21. The van der Waals surface area contributed by atoms with Gasteiger partial charge in [-0.15, -0.1) is 0 Å². The van der Waals surface area contributed by atoms with Crippen LogP contribution in [0.4, 0.5) is 0 Å². The van der Waals surface area contributed by atoms with Crippen molar-refractivity contribution in [2.45, 2.75) is 13.3 Å². The molecule has 0 aliphatic heterocycles. The highest BCUT2D eigenvalue weighted by molar-refractivity contribution is 5.76. The van der Waals surface area contributed by atoms with Gasteiger partial charge in [0.2, 0.25) is 0 Å². The monoisotopic (exact) mass is 209 g/mol. The van der Waals surface area contributed by atoms with E-state index in [1.807, 2.05) is 0 Å². The van der Waals surface area contributed by atoms with E-state index >= 15 is 0 Å². The van der Waals surface area contributed by atoms with Crippen LogP contribution in [0, 0.1) is 0 Å². The van der Waals surface area contributed by atoms with Gasteiger partial charge >= 0.3 is 5.97 Å². The number of pyridine rings is 1. The Bertz CT molecular complexity index is 422. The van der Waals surface area contributed by atoms with E-state index in [2.05, 4.69) is 4.98 Å². The quantitative estimate of drug-likeness (QED) is 0.571. The molecule has 1 aromatic heterocycles. The van der Waals surface area contributed by atoms with Crippen LogP contribution >= 0.6 is 0 Å². The van der Waals surface area contributed by atoms with Gasteiger partial charge in [-0.05, 0) is 18.6 Å². The summed E-state index contributed by atoms with van der Waals surface area (Å²) in [7, 11) is 0. The third-order valence-electron chi connectivity index (χ3n) is 1.77. The Morgan fingerprint density at radius 2 is 2.33 bits per heavy atom. The Morgan fingerprint density at radius 3 is 2.93 bits per heavy atom. The molecule has 0 amide bonds. The minimum absolute atomic E-state index is 0.0109. The van der Waals surface area contributed by atoms with E-state index in [1.54, 1.807) is 6.92 Å². The van der Waals surface area contributed by atoms with E-state index in [-0.39, 0.29) is 18.0 Å². The van der Waals surface area contributed by atoms with E-state index in [4.69, 9.17) is 4.74 Å². The molecule has 0 saturated carbocycles. The molecule has 1 aromatic rings. The second-order valence-electron chi connectivity index (χ2n) is 2.89. The molecular formula is C10H11NO4. The van der Waals surface area contributed by atoms with Crippen LogP contribution in [0.3, 0.4) is 0 Å². The Labute approximate surface area is 86.1 Å². The van der Waals surface area contributed by atoms with Crippen LogP contribution < -0.4 is 5.56 Å². The summed E-state index contributed by atoms with van der Waals surface area (Å²) in [4.78, 5) is 34.9. The van der Waals surface area contributed by atoms with Crippen LogP contribution in [0.25, 0.3) is 0 Å². The fourth-order valence-electron chi connectivity index (χ4n) is 1.12. The maximum atomic E-state index is 11.1. The Kier molecular flexibility index (Phi) is 3.79. The number of esters is 1. The summed E-state index contributed by atoms with van der Waals surface area (Å²) in [5.41, 5.74) is 0.101. The van der Waals surface area contributed by atoms with Crippen LogP contribution in [0.5, 0.6) is 0 Å². The van der Waals surface area contributed by atoms with Crippen LogP contribution in [-0.2, 0) is 16.0 Å². The summed E-state index contributed by atoms with van der Waals surface area (Å²) >= 11 is 0. The highest BCUT2D eigenvalue weighted by Crippen LogP contribution is 1.99. The van der Waals surface area contributed by atoms with Gasteiger partial charge in [0.05, 0.1) is 18.6 Å². The van der Waals surface area contributed by atoms with Gasteiger partial charge in [-0.3, -0.25) is 14.4 Å². The summed E-state index contributed by atoms with van der Waals surface area (Å²) in [5.74, 6) is -0.388. The minimum Gasteiger partial charge on any atom is -0.466 e. The zero-order chi connectivity index (χ0) is 11.3. The van der Waals surface area contributed by atoms with Gasteiger partial charge in [-0.2, -0.15) is 0 Å². The van der Waals surface area contributed by atoms with Crippen molar-refractivity contribution in [1.82, 2.24) is 4.98 Å². The van der Waals surface area contributed by atoms with Crippen molar-refractivity contribution in [3.8, 4) is 0 Å². The van der Waals surface area contributed by atoms with Crippen LogP contribution in [0.1, 0.15) is 22.8 Å². The molecule has 0 bridgehead atoms. The van der Waals surface area contributed by atoms with Gasteiger partial charge in [0.15, 0.2) is 6.29 Å². The molecule has 0 spiro atoms. The molecule has 0 atom stereocenters. The molecule has 1 N–H and O–H groups in total. The number of rotatable bonds is 4. The maximum Gasteiger partial charge on any atom is 0.310 e. The van der Waals surface area contributed by atoms with Crippen molar-refractivity contribution in [2.24, 2.45) is 0 Å². The number of H-pyrrole nitrogens is 1. The van der Waals surface area contributed by atoms with Gasteiger partial charge in [-0.25, -0.2) is 0 Å². The van der Waals surface area contributed by atoms with Gasteiger partial charge in [0.25, 0.3) is 5.56 Å². The number of nitrogens with one attached hydrogen (secondary N) is 1. The third-order valence-corrected chi connectivity index (χ3v) is 1.77. The zero-order valence-corrected chi connectivity index (χ0v) is 8.28. The lowest BCUT2D eigenvalue weighted by atomic mass is 10.1. The van der Waals surface area contributed by atoms with Crippen LogP contribution in [0.15, 0.2) is 17.1 Å². The summed E-state index contributed by atoms with van der Waals surface area (Å²) in [6, 6.07) is 1.38. The van der Waals surface area contributed by atoms with Gasteiger partial charge < -0.3 is 9.72 Å². The molecule has 5 nitrogen and oxygen atoms in total. The van der Waals surface area contributed by atoms with E-state index in [0.29, 0.717) is 18.5 Å². The van der Waals surface area contributed by atoms with Gasteiger partial charge in [-0.1, -0.05) is 0 Å². The SMILES string of the molecule is CCOC(=O)Cc1c[nH]c(=O)c(C=O)c1. The van der Waals surface area contributed by atoms with Crippen LogP contribution in [-0.4, -0.2) is 23.8 Å². The van der Waals surface area contributed by atoms with E-state index in [9.17, 15) is 14.4 Å². The first-order valence-corrected chi connectivity index (χ1v) is 4.49. The molecule has 0 unspecified atom stereocenters. The second kappa shape index (κ2) is 5.09. The lowest BCUT2D eigenvalue weighted by molar-refractivity contribution is -0.142. The summed E-state index contributed by atoms with van der Waals surface area (Å²) < 4.78 is 4.73. The number of aromatic amines is 1. The highest BCUT2D eigenvalue weighted by atomic mass is 16.5. The van der Waals surface area contributed by atoms with Crippen molar-refractivity contribution in [1.29, 1.82) is 0 Å². The van der Waals surface area contributed by atoms with E-state index in [0.717, 1.165) is 0 Å². The molecule has 5 heteroatoms. The summed E-state index contributed by atoms with van der Waals surface area (Å²) in [6.07, 6.45) is 1.89. The number of carbonyl (C=O) groups excluding carboxylic acids is 2. The standard InChI is InChI=1S/C10H11NO4/c1-2-15-9(13)4-7-3-8(6-12)10(14)11-5-7/h3,5-6H,2,4H2,1H3,(H,11,14). The molecule has 1 heterocycles. The summed E-state index contributed by atoms with van der Waals surface area (Å²) in [6.45, 7) is 2.02. The minimum atomic E-state index is -0.461. The molecule has 0 saturated heterocycles.